The molecule has 0 aliphatic heterocycles. The minimum absolute atomic E-state index is 0.0851. The van der Waals surface area contributed by atoms with Crippen molar-refractivity contribution in [3.63, 3.8) is 0 Å². The highest BCUT2D eigenvalue weighted by atomic mass is 32.2. The quantitative estimate of drug-likeness (QED) is 0.575. The van der Waals surface area contributed by atoms with E-state index in [-0.39, 0.29) is 5.91 Å². The van der Waals surface area contributed by atoms with E-state index in [1.165, 1.54) is 11.8 Å². The van der Waals surface area contributed by atoms with Crippen molar-refractivity contribution in [2.24, 2.45) is 0 Å². The van der Waals surface area contributed by atoms with Gasteiger partial charge in [-0.15, -0.1) is 5.10 Å². The number of benzene rings is 2. The van der Waals surface area contributed by atoms with Crippen LogP contribution < -0.4 is 5.32 Å². The Balaban J connectivity index is 1.83. The summed E-state index contributed by atoms with van der Waals surface area (Å²) in [4.78, 5) is 17.6. The molecule has 1 heterocycles. The predicted molar refractivity (Wildman–Crippen MR) is 110 cm³/mol. The van der Waals surface area contributed by atoms with Crippen LogP contribution in [0.4, 0.5) is 5.69 Å². The van der Waals surface area contributed by atoms with Crippen molar-refractivity contribution in [2.45, 2.75) is 44.0 Å². The van der Waals surface area contributed by atoms with Crippen LogP contribution in [0, 0.1) is 13.8 Å². The molecule has 2 N–H and O–H groups in total. The first kappa shape index (κ1) is 19.2. The number of carbonyl (C=O) groups is 1. The highest BCUT2D eigenvalue weighted by Crippen LogP contribution is 2.34. The Hall–Kier alpha value is -2.60. The molecule has 0 bridgehead atoms. The Morgan fingerprint density at radius 2 is 1.85 bits per heavy atom. The Bertz CT molecular complexity index is 887. The molecule has 0 saturated heterocycles. The second-order valence-electron chi connectivity index (χ2n) is 6.59. The first-order valence-electron chi connectivity index (χ1n) is 9.07. The number of aryl methyl sites for hydroxylation is 3. The summed E-state index contributed by atoms with van der Waals surface area (Å²) < 4.78 is 0. The van der Waals surface area contributed by atoms with Crippen LogP contribution in [0.3, 0.4) is 0 Å². The highest BCUT2D eigenvalue weighted by molar-refractivity contribution is 8.00. The number of carbonyl (C=O) groups excluding carboxylic acids is 1. The third kappa shape index (κ3) is 5.20. The van der Waals surface area contributed by atoms with Gasteiger partial charge in [-0.3, -0.25) is 9.89 Å². The van der Waals surface area contributed by atoms with E-state index in [0.29, 0.717) is 5.16 Å². The number of H-pyrrole nitrogens is 1. The number of aromatic amines is 1. The first-order chi connectivity index (χ1) is 13.0. The van der Waals surface area contributed by atoms with Crippen LogP contribution in [-0.4, -0.2) is 21.1 Å². The maximum atomic E-state index is 13.1. The van der Waals surface area contributed by atoms with Crippen LogP contribution in [-0.2, 0) is 11.2 Å². The number of hydrogen-bond acceptors (Lipinski definition) is 4. The largest absolute Gasteiger partial charge is 0.325 e. The van der Waals surface area contributed by atoms with Crippen molar-refractivity contribution in [1.82, 2.24) is 15.2 Å². The Morgan fingerprint density at radius 1 is 1.15 bits per heavy atom. The van der Waals surface area contributed by atoms with Gasteiger partial charge < -0.3 is 5.32 Å². The lowest BCUT2D eigenvalue weighted by atomic mass is 10.1. The van der Waals surface area contributed by atoms with E-state index >= 15 is 0 Å². The lowest BCUT2D eigenvalue weighted by Gasteiger charge is -2.16. The maximum Gasteiger partial charge on any atom is 0.242 e. The molecule has 1 amide bonds. The van der Waals surface area contributed by atoms with E-state index in [0.717, 1.165) is 41.0 Å². The second kappa shape index (κ2) is 8.86. The Labute approximate surface area is 164 Å². The van der Waals surface area contributed by atoms with Crippen LogP contribution in [0.5, 0.6) is 0 Å². The monoisotopic (exact) mass is 380 g/mol. The average molecular weight is 381 g/mol. The van der Waals surface area contributed by atoms with E-state index in [2.05, 4.69) is 33.5 Å². The van der Waals surface area contributed by atoms with Crippen LogP contribution in [0.2, 0.25) is 0 Å². The number of nitrogens with one attached hydrogen (secondary N) is 2. The number of nitrogens with zero attached hydrogens (tertiary/aromatic N) is 2. The summed E-state index contributed by atoms with van der Waals surface area (Å²) in [5.41, 5.74) is 3.96. The van der Waals surface area contributed by atoms with Crippen molar-refractivity contribution >= 4 is 23.4 Å². The fraction of sp³-hybridized carbons (Fsp3) is 0.286. The van der Waals surface area contributed by atoms with Crippen molar-refractivity contribution in [2.75, 3.05) is 5.32 Å². The van der Waals surface area contributed by atoms with Gasteiger partial charge in [0.15, 0.2) is 0 Å². The van der Waals surface area contributed by atoms with Gasteiger partial charge >= 0.3 is 0 Å². The van der Waals surface area contributed by atoms with E-state index in [1.807, 2.05) is 56.3 Å². The maximum absolute atomic E-state index is 13.1. The van der Waals surface area contributed by atoms with Gasteiger partial charge in [0.2, 0.25) is 11.1 Å². The van der Waals surface area contributed by atoms with Gasteiger partial charge in [-0.1, -0.05) is 55.1 Å². The molecule has 6 heteroatoms. The summed E-state index contributed by atoms with van der Waals surface area (Å²) in [6.45, 7) is 6.14. The summed E-state index contributed by atoms with van der Waals surface area (Å²) in [5, 5.41) is 10.4. The molecule has 0 fully saturated rings. The number of thioether (sulfide) groups is 1. The van der Waals surface area contributed by atoms with Crippen molar-refractivity contribution in [3.8, 4) is 0 Å². The van der Waals surface area contributed by atoms with Gasteiger partial charge in [0.1, 0.15) is 11.1 Å². The Morgan fingerprint density at radius 3 is 2.52 bits per heavy atom. The summed E-state index contributed by atoms with van der Waals surface area (Å²) >= 11 is 1.36. The van der Waals surface area contributed by atoms with Gasteiger partial charge in [-0.2, -0.15) is 0 Å². The minimum atomic E-state index is -0.433. The van der Waals surface area contributed by atoms with Gasteiger partial charge in [-0.05, 0) is 49.1 Å². The predicted octanol–water partition coefficient (Wildman–Crippen LogP) is 4.85. The standard InChI is InChI=1S/C21H24N4OS/c1-4-8-18-23-21(25-24-18)27-19(16-9-6-5-7-10-16)20(26)22-17-12-14(2)11-15(3)13-17/h5-7,9-13,19H,4,8H2,1-3H3,(H,22,26)(H,23,24,25). The lowest BCUT2D eigenvalue weighted by Crippen LogP contribution is -2.19. The van der Waals surface area contributed by atoms with Crippen LogP contribution in [0.15, 0.2) is 53.7 Å². The first-order valence-corrected chi connectivity index (χ1v) is 9.95. The van der Waals surface area contributed by atoms with Crippen LogP contribution in [0.1, 0.15) is 41.1 Å². The second-order valence-corrected chi connectivity index (χ2v) is 7.66. The van der Waals surface area contributed by atoms with Gasteiger partial charge in [-0.25, -0.2) is 4.98 Å². The van der Waals surface area contributed by atoms with E-state index in [9.17, 15) is 4.79 Å². The number of hydrogen-bond donors (Lipinski definition) is 2. The molecule has 1 aromatic heterocycles. The van der Waals surface area contributed by atoms with Gasteiger partial charge in [0.25, 0.3) is 0 Å². The number of rotatable bonds is 7. The zero-order chi connectivity index (χ0) is 19.2. The summed E-state index contributed by atoms with van der Waals surface area (Å²) in [6, 6.07) is 15.8. The fourth-order valence-electron chi connectivity index (χ4n) is 2.94. The lowest BCUT2D eigenvalue weighted by molar-refractivity contribution is -0.115. The normalized spacial score (nSPS) is 12.0. The molecule has 140 valence electrons. The minimum Gasteiger partial charge on any atom is -0.325 e. The van der Waals surface area contributed by atoms with Crippen LogP contribution >= 0.6 is 11.8 Å². The molecular weight excluding hydrogens is 356 g/mol. The molecule has 3 rings (SSSR count). The zero-order valence-electron chi connectivity index (χ0n) is 15.8. The molecule has 27 heavy (non-hydrogen) atoms. The third-order valence-corrected chi connectivity index (χ3v) is 5.17. The molecule has 0 aliphatic carbocycles. The summed E-state index contributed by atoms with van der Waals surface area (Å²) in [7, 11) is 0. The molecule has 0 saturated carbocycles. The summed E-state index contributed by atoms with van der Waals surface area (Å²) in [5.74, 6) is 0.763. The molecule has 0 radical (unpaired) electrons. The van der Waals surface area contributed by atoms with Gasteiger partial charge in [0.05, 0.1) is 0 Å². The van der Waals surface area contributed by atoms with Crippen molar-refractivity contribution in [1.29, 1.82) is 0 Å². The SMILES string of the molecule is CCCc1nc(SC(C(=O)Nc2cc(C)cc(C)c2)c2ccccc2)n[nH]1. The van der Waals surface area contributed by atoms with Crippen molar-refractivity contribution < 1.29 is 4.79 Å². The van der Waals surface area contributed by atoms with Gasteiger partial charge in [0, 0.05) is 12.1 Å². The van der Waals surface area contributed by atoms with Crippen molar-refractivity contribution in [3.05, 3.63) is 71.0 Å². The summed E-state index contributed by atoms with van der Waals surface area (Å²) in [6.07, 6.45) is 1.84. The van der Waals surface area contributed by atoms with E-state index in [1.54, 1.807) is 0 Å². The topological polar surface area (TPSA) is 70.7 Å². The molecule has 1 unspecified atom stereocenters. The molecule has 5 nitrogen and oxygen atoms in total. The van der Waals surface area contributed by atoms with E-state index in [4.69, 9.17) is 0 Å². The number of anilines is 1. The van der Waals surface area contributed by atoms with E-state index < -0.39 is 5.25 Å². The fourth-order valence-corrected chi connectivity index (χ4v) is 3.87. The third-order valence-electron chi connectivity index (χ3n) is 4.05. The zero-order valence-corrected chi connectivity index (χ0v) is 16.6. The smallest absolute Gasteiger partial charge is 0.242 e. The molecule has 2 aromatic carbocycles. The van der Waals surface area contributed by atoms with Crippen LogP contribution in [0.25, 0.3) is 0 Å². The number of aromatic nitrogens is 3. The molecular formula is C21H24N4OS. The Kier molecular flexibility index (Phi) is 6.29. The molecule has 0 spiro atoms. The average Bonchev–Trinajstić information content (AvgIpc) is 3.07. The number of amides is 1. The highest BCUT2D eigenvalue weighted by Gasteiger charge is 2.24. The molecule has 3 aromatic rings. The molecule has 1 atom stereocenters. The molecule has 0 aliphatic rings.